The summed E-state index contributed by atoms with van der Waals surface area (Å²) in [6.07, 6.45) is 0. The fraction of sp³-hybridized carbons (Fsp3) is 0.357. The molecule has 5 heteroatoms. The van der Waals surface area contributed by atoms with Gasteiger partial charge in [-0.05, 0) is 32.2 Å². The third kappa shape index (κ3) is 2.61. The zero-order chi connectivity index (χ0) is 14.0. The molecule has 0 bridgehead atoms. The van der Waals surface area contributed by atoms with Crippen molar-refractivity contribution in [3.8, 4) is 0 Å². The molecule has 1 amide bonds. The Morgan fingerprint density at radius 1 is 1.47 bits per heavy atom. The second-order valence-electron chi connectivity index (χ2n) is 4.53. The van der Waals surface area contributed by atoms with Crippen LogP contribution in [0.5, 0.6) is 0 Å². The zero-order valence-corrected chi connectivity index (χ0v) is 11.3. The number of likely N-dealkylation sites (N-methyl/N-ethyl adjacent to an activating group) is 2. The van der Waals surface area contributed by atoms with Crippen LogP contribution in [0, 0.1) is 12.7 Å². The van der Waals surface area contributed by atoms with Gasteiger partial charge in [0, 0.05) is 31.1 Å². The molecule has 4 nitrogen and oxygen atoms in total. The summed E-state index contributed by atoms with van der Waals surface area (Å²) >= 11 is 0. The van der Waals surface area contributed by atoms with E-state index in [1.165, 1.54) is 12.1 Å². The van der Waals surface area contributed by atoms with Crippen molar-refractivity contribution in [3.63, 3.8) is 0 Å². The number of benzene rings is 1. The SMILES string of the molecule is CNCCN(C)C(=O)c1oc2ccc(F)cc2c1C. The number of fused-ring (bicyclic) bond motifs is 1. The molecule has 0 fully saturated rings. The van der Waals surface area contributed by atoms with Crippen molar-refractivity contribution < 1.29 is 13.6 Å². The van der Waals surface area contributed by atoms with Gasteiger partial charge in [0.05, 0.1) is 0 Å². The summed E-state index contributed by atoms with van der Waals surface area (Å²) in [5.41, 5.74) is 1.21. The van der Waals surface area contributed by atoms with Crippen LogP contribution in [-0.2, 0) is 0 Å². The summed E-state index contributed by atoms with van der Waals surface area (Å²) in [5, 5.41) is 3.62. The maximum Gasteiger partial charge on any atom is 0.289 e. The minimum atomic E-state index is -0.334. The van der Waals surface area contributed by atoms with Crippen molar-refractivity contribution in [2.24, 2.45) is 0 Å². The van der Waals surface area contributed by atoms with Crippen molar-refractivity contribution in [2.75, 3.05) is 27.2 Å². The Hall–Kier alpha value is -1.88. The average Bonchev–Trinajstić information content (AvgIpc) is 2.72. The number of halogens is 1. The number of carbonyl (C=O) groups is 1. The van der Waals surface area contributed by atoms with Crippen LogP contribution in [0.15, 0.2) is 22.6 Å². The highest BCUT2D eigenvalue weighted by Crippen LogP contribution is 2.26. The van der Waals surface area contributed by atoms with Crippen LogP contribution in [0.25, 0.3) is 11.0 Å². The first-order valence-electron chi connectivity index (χ1n) is 6.13. The van der Waals surface area contributed by atoms with Gasteiger partial charge in [-0.3, -0.25) is 4.79 Å². The van der Waals surface area contributed by atoms with Crippen molar-refractivity contribution in [1.82, 2.24) is 10.2 Å². The second kappa shape index (κ2) is 5.40. The van der Waals surface area contributed by atoms with Gasteiger partial charge in [0.2, 0.25) is 0 Å². The van der Waals surface area contributed by atoms with Crippen LogP contribution in [0.4, 0.5) is 4.39 Å². The van der Waals surface area contributed by atoms with Gasteiger partial charge in [-0.15, -0.1) is 0 Å². The van der Waals surface area contributed by atoms with Crippen LogP contribution in [0.1, 0.15) is 16.1 Å². The normalized spacial score (nSPS) is 10.9. The Labute approximate surface area is 111 Å². The Kier molecular flexibility index (Phi) is 3.85. The number of aryl methyl sites for hydroxylation is 1. The highest BCUT2D eigenvalue weighted by atomic mass is 19.1. The summed E-state index contributed by atoms with van der Waals surface area (Å²) in [6.45, 7) is 3.06. The van der Waals surface area contributed by atoms with Crippen LogP contribution < -0.4 is 5.32 Å². The zero-order valence-electron chi connectivity index (χ0n) is 11.3. The van der Waals surface area contributed by atoms with E-state index in [1.54, 1.807) is 24.9 Å². The van der Waals surface area contributed by atoms with Gasteiger partial charge >= 0.3 is 0 Å². The molecule has 2 aromatic rings. The molecule has 0 aliphatic rings. The molecule has 0 aliphatic carbocycles. The lowest BCUT2D eigenvalue weighted by atomic mass is 10.1. The van der Waals surface area contributed by atoms with Crippen molar-refractivity contribution in [3.05, 3.63) is 35.3 Å². The molecule has 1 aromatic carbocycles. The maximum atomic E-state index is 13.2. The van der Waals surface area contributed by atoms with Crippen molar-refractivity contribution >= 4 is 16.9 Å². The topological polar surface area (TPSA) is 45.5 Å². The molecule has 1 heterocycles. The summed E-state index contributed by atoms with van der Waals surface area (Å²) in [6, 6.07) is 4.25. The van der Waals surface area contributed by atoms with Gasteiger partial charge in [-0.1, -0.05) is 0 Å². The Bertz CT molecular complexity index is 607. The smallest absolute Gasteiger partial charge is 0.289 e. The molecule has 102 valence electrons. The molecule has 19 heavy (non-hydrogen) atoms. The number of carbonyl (C=O) groups excluding carboxylic acids is 1. The minimum Gasteiger partial charge on any atom is -0.451 e. The van der Waals surface area contributed by atoms with Gasteiger partial charge in [-0.25, -0.2) is 4.39 Å². The van der Waals surface area contributed by atoms with E-state index in [0.29, 0.717) is 29.6 Å². The molecule has 0 unspecified atom stereocenters. The highest BCUT2D eigenvalue weighted by molar-refractivity contribution is 5.98. The number of hydrogen-bond acceptors (Lipinski definition) is 3. The minimum absolute atomic E-state index is 0.190. The van der Waals surface area contributed by atoms with Crippen LogP contribution in [0.2, 0.25) is 0 Å². The monoisotopic (exact) mass is 264 g/mol. The summed E-state index contributed by atoms with van der Waals surface area (Å²) in [7, 11) is 3.54. The van der Waals surface area contributed by atoms with Crippen molar-refractivity contribution in [2.45, 2.75) is 6.92 Å². The van der Waals surface area contributed by atoms with E-state index >= 15 is 0 Å². The number of nitrogens with zero attached hydrogens (tertiary/aromatic N) is 1. The first-order valence-corrected chi connectivity index (χ1v) is 6.13. The molecule has 0 radical (unpaired) electrons. The number of amides is 1. The Balaban J connectivity index is 2.34. The van der Waals surface area contributed by atoms with Crippen molar-refractivity contribution in [1.29, 1.82) is 0 Å². The molecule has 1 N–H and O–H groups in total. The van der Waals surface area contributed by atoms with E-state index in [-0.39, 0.29) is 17.5 Å². The molecule has 0 saturated carbocycles. The Morgan fingerprint density at radius 3 is 2.89 bits per heavy atom. The number of nitrogens with one attached hydrogen (secondary N) is 1. The number of rotatable bonds is 4. The number of furan rings is 1. The summed E-state index contributed by atoms with van der Waals surface area (Å²) < 4.78 is 18.7. The predicted octanol–water partition coefficient (Wildman–Crippen LogP) is 2.17. The molecule has 0 atom stereocenters. The van der Waals surface area contributed by atoms with Gasteiger partial charge in [-0.2, -0.15) is 0 Å². The van der Waals surface area contributed by atoms with E-state index in [4.69, 9.17) is 4.42 Å². The first-order chi connectivity index (χ1) is 9.04. The van der Waals surface area contributed by atoms with E-state index in [9.17, 15) is 9.18 Å². The van der Waals surface area contributed by atoms with Gasteiger partial charge in [0.15, 0.2) is 5.76 Å². The highest BCUT2D eigenvalue weighted by Gasteiger charge is 2.20. The summed E-state index contributed by atoms with van der Waals surface area (Å²) in [5.74, 6) is -0.248. The van der Waals surface area contributed by atoms with E-state index in [0.717, 1.165) is 0 Å². The summed E-state index contributed by atoms with van der Waals surface area (Å²) in [4.78, 5) is 13.8. The standard InChI is InChI=1S/C14H17FN2O2/c1-9-11-8-10(15)4-5-12(11)19-13(9)14(18)17(3)7-6-16-2/h4-5,8,16H,6-7H2,1-3H3. The molecule has 0 saturated heterocycles. The lowest BCUT2D eigenvalue weighted by Crippen LogP contribution is -2.32. The molecule has 0 spiro atoms. The van der Waals surface area contributed by atoms with E-state index in [1.807, 2.05) is 7.05 Å². The lowest BCUT2D eigenvalue weighted by molar-refractivity contribution is 0.0767. The Morgan fingerprint density at radius 2 is 2.21 bits per heavy atom. The third-order valence-corrected chi connectivity index (χ3v) is 3.14. The van der Waals surface area contributed by atoms with Crippen LogP contribution >= 0.6 is 0 Å². The third-order valence-electron chi connectivity index (χ3n) is 3.14. The molecule has 0 aliphatic heterocycles. The fourth-order valence-electron chi connectivity index (χ4n) is 1.95. The van der Waals surface area contributed by atoms with E-state index in [2.05, 4.69) is 5.32 Å². The van der Waals surface area contributed by atoms with Gasteiger partial charge in [0.1, 0.15) is 11.4 Å². The molecule has 2 rings (SSSR count). The molecular weight excluding hydrogens is 247 g/mol. The number of hydrogen-bond donors (Lipinski definition) is 1. The first kappa shape index (κ1) is 13.5. The second-order valence-corrected chi connectivity index (χ2v) is 4.53. The van der Waals surface area contributed by atoms with E-state index < -0.39 is 0 Å². The van der Waals surface area contributed by atoms with Gasteiger partial charge in [0.25, 0.3) is 5.91 Å². The lowest BCUT2D eigenvalue weighted by Gasteiger charge is -2.15. The fourth-order valence-corrected chi connectivity index (χ4v) is 1.95. The maximum absolute atomic E-state index is 13.2. The average molecular weight is 264 g/mol. The predicted molar refractivity (Wildman–Crippen MR) is 71.8 cm³/mol. The molecular formula is C14H17FN2O2. The largest absolute Gasteiger partial charge is 0.451 e. The van der Waals surface area contributed by atoms with Gasteiger partial charge < -0.3 is 14.6 Å². The molecule has 1 aromatic heterocycles. The van der Waals surface area contributed by atoms with Crippen LogP contribution in [-0.4, -0.2) is 38.0 Å². The van der Waals surface area contributed by atoms with Crippen LogP contribution in [0.3, 0.4) is 0 Å². The quantitative estimate of drug-likeness (QED) is 0.920.